The number of aliphatic hydroxyl groups is 1. The third-order valence-corrected chi connectivity index (χ3v) is 3.41. The summed E-state index contributed by atoms with van der Waals surface area (Å²) in [5.41, 5.74) is 9.04. The molecule has 0 fully saturated rings. The van der Waals surface area contributed by atoms with Gasteiger partial charge in [-0.3, -0.25) is 4.68 Å². The zero-order chi connectivity index (χ0) is 15.2. The summed E-state index contributed by atoms with van der Waals surface area (Å²) in [5.74, 6) is 0.886. The lowest BCUT2D eigenvalue weighted by atomic mass is 9.95. The van der Waals surface area contributed by atoms with Gasteiger partial charge in [0.2, 0.25) is 0 Å². The Bertz CT molecular complexity index is 581. The third-order valence-electron chi connectivity index (χ3n) is 3.41. The summed E-state index contributed by atoms with van der Waals surface area (Å²) in [6.45, 7) is 5.56. The first-order valence-corrected chi connectivity index (χ1v) is 7.27. The fourth-order valence-electron chi connectivity index (χ4n) is 2.54. The largest absolute Gasteiger partial charge is 0.494 e. The van der Waals surface area contributed by atoms with Crippen LogP contribution in [0.1, 0.15) is 29.8 Å². The van der Waals surface area contributed by atoms with Gasteiger partial charge in [0.15, 0.2) is 0 Å². The standard InChI is InChI=1S/C16H23N3O2/c1-3-21-14-6-4-5-13(10-14)15(11-17)16-9-12(2)18-19(16)7-8-20/h4-6,9-10,15,20H,3,7-8,11,17H2,1-2H3. The first kappa shape index (κ1) is 15.5. The van der Waals surface area contributed by atoms with Crippen LogP contribution in [0.2, 0.25) is 0 Å². The van der Waals surface area contributed by atoms with E-state index in [1.165, 1.54) is 0 Å². The molecule has 1 atom stereocenters. The normalized spacial score (nSPS) is 12.4. The van der Waals surface area contributed by atoms with Crippen molar-refractivity contribution in [2.75, 3.05) is 19.8 Å². The van der Waals surface area contributed by atoms with Gasteiger partial charge in [-0.05, 0) is 37.6 Å². The number of benzene rings is 1. The summed E-state index contributed by atoms with van der Waals surface area (Å²) in [6.07, 6.45) is 0. The molecular weight excluding hydrogens is 266 g/mol. The van der Waals surface area contributed by atoms with E-state index in [2.05, 4.69) is 5.10 Å². The molecule has 1 aromatic heterocycles. The van der Waals surface area contributed by atoms with E-state index in [0.717, 1.165) is 22.7 Å². The van der Waals surface area contributed by atoms with Crippen molar-refractivity contribution >= 4 is 0 Å². The van der Waals surface area contributed by atoms with Crippen molar-refractivity contribution in [1.82, 2.24) is 9.78 Å². The Morgan fingerprint density at radius 3 is 2.86 bits per heavy atom. The highest BCUT2D eigenvalue weighted by atomic mass is 16.5. The van der Waals surface area contributed by atoms with Gasteiger partial charge in [-0.1, -0.05) is 12.1 Å². The van der Waals surface area contributed by atoms with Gasteiger partial charge in [0.05, 0.1) is 25.5 Å². The number of aliphatic hydroxyl groups excluding tert-OH is 1. The van der Waals surface area contributed by atoms with Crippen LogP contribution in [0.3, 0.4) is 0 Å². The number of nitrogens with two attached hydrogens (primary N) is 1. The molecule has 0 radical (unpaired) electrons. The number of aromatic nitrogens is 2. The molecule has 2 rings (SSSR count). The summed E-state index contributed by atoms with van der Waals surface area (Å²) < 4.78 is 7.39. The molecule has 0 saturated heterocycles. The lowest BCUT2D eigenvalue weighted by Gasteiger charge is -2.18. The highest BCUT2D eigenvalue weighted by molar-refractivity contribution is 5.36. The summed E-state index contributed by atoms with van der Waals surface area (Å²) in [4.78, 5) is 0. The highest BCUT2D eigenvalue weighted by Crippen LogP contribution is 2.27. The fourth-order valence-corrected chi connectivity index (χ4v) is 2.54. The van der Waals surface area contributed by atoms with Crippen LogP contribution in [-0.4, -0.2) is 34.6 Å². The van der Waals surface area contributed by atoms with Gasteiger partial charge >= 0.3 is 0 Å². The van der Waals surface area contributed by atoms with Crippen LogP contribution in [0.15, 0.2) is 30.3 Å². The van der Waals surface area contributed by atoms with E-state index in [-0.39, 0.29) is 12.5 Å². The molecule has 0 bridgehead atoms. The third kappa shape index (κ3) is 3.62. The zero-order valence-electron chi connectivity index (χ0n) is 12.6. The van der Waals surface area contributed by atoms with Gasteiger partial charge in [-0.25, -0.2) is 0 Å². The molecule has 3 N–H and O–H groups in total. The second kappa shape index (κ2) is 7.24. The quantitative estimate of drug-likeness (QED) is 0.813. The molecule has 114 valence electrons. The average molecular weight is 289 g/mol. The molecular formula is C16H23N3O2. The van der Waals surface area contributed by atoms with E-state index in [4.69, 9.17) is 10.5 Å². The van der Waals surface area contributed by atoms with E-state index < -0.39 is 0 Å². The van der Waals surface area contributed by atoms with Crippen molar-refractivity contribution in [2.45, 2.75) is 26.3 Å². The summed E-state index contributed by atoms with van der Waals surface area (Å²) in [7, 11) is 0. The topological polar surface area (TPSA) is 73.3 Å². The molecule has 1 aromatic carbocycles. The molecule has 1 unspecified atom stereocenters. The second-order valence-corrected chi connectivity index (χ2v) is 4.95. The lowest BCUT2D eigenvalue weighted by Crippen LogP contribution is -2.19. The number of hydrogen-bond acceptors (Lipinski definition) is 4. The maximum Gasteiger partial charge on any atom is 0.119 e. The van der Waals surface area contributed by atoms with Crippen LogP contribution in [0.25, 0.3) is 0 Å². The molecule has 0 aliphatic carbocycles. The van der Waals surface area contributed by atoms with Gasteiger partial charge in [-0.2, -0.15) is 5.10 Å². The zero-order valence-corrected chi connectivity index (χ0v) is 12.6. The summed E-state index contributed by atoms with van der Waals surface area (Å²) in [6, 6.07) is 10.0. The SMILES string of the molecule is CCOc1cccc(C(CN)c2cc(C)nn2CCO)c1. The Balaban J connectivity index is 2.37. The Labute approximate surface area is 125 Å². The van der Waals surface area contributed by atoms with Gasteiger partial charge < -0.3 is 15.6 Å². The fraction of sp³-hybridized carbons (Fsp3) is 0.438. The number of ether oxygens (including phenoxy) is 1. The van der Waals surface area contributed by atoms with Crippen molar-refractivity contribution in [3.63, 3.8) is 0 Å². The van der Waals surface area contributed by atoms with Crippen LogP contribution < -0.4 is 10.5 Å². The van der Waals surface area contributed by atoms with Crippen molar-refractivity contribution in [3.05, 3.63) is 47.3 Å². The molecule has 0 saturated carbocycles. The molecule has 0 aliphatic rings. The molecule has 0 aliphatic heterocycles. The van der Waals surface area contributed by atoms with Gasteiger partial charge in [0.25, 0.3) is 0 Å². The van der Waals surface area contributed by atoms with E-state index in [0.29, 0.717) is 19.7 Å². The molecule has 5 heteroatoms. The monoisotopic (exact) mass is 289 g/mol. The van der Waals surface area contributed by atoms with E-state index in [1.807, 2.05) is 48.9 Å². The maximum atomic E-state index is 9.18. The number of hydrogen-bond donors (Lipinski definition) is 2. The van der Waals surface area contributed by atoms with Gasteiger partial charge in [0, 0.05) is 18.2 Å². The summed E-state index contributed by atoms with van der Waals surface area (Å²) >= 11 is 0. The van der Waals surface area contributed by atoms with Crippen molar-refractivity contribution in [2.24, 2.45) is 5.73 Å². The first-order chi connectivity index (χ1) is 10.2. The Morgan fingerprint density at radius 2 is 2.19 bits per heavy atom. The minimum Gasteiger partial charge on any atom is -0.494 e. The number of aryl methyl sites for hydroxylation is 1. The first-order valence-electron chi connectivity index (χ1n) is 7.27. The minimum atomic E-state index is 0.0400. The van der Waals surface area contributed by atoms with Crippen molar-refractivity contribution < 1.29 is 9.84 Å². The molecule has 0 spiro atoms. The summed E-state index contributed by atoms with van der Waals surface area (Å²) in [5, 5.41) is 13.6. The van der Waals surface area contributed by atoms with Crippen LogP contribution in [0, 0.1) is 6.92 Å². The van der Waals surface area contributed by atoms with Crippen LogP contribution in [-0.2, 0) is 6.54 Å². The number of rotatable bonds is 7. The second-order valence-electron chi connectivity index (χ2n) is 4.95. The lowest BCUT2D eigenvalue weighted by molar-refractivity contribution is 0.266. The minimum absolute atomic E-state index is 0.0400. The smallest absolute Gasteiger partial charge is 0.119 e. The predicted molar refractivity (Wildman–Crippen MR) is 82.6 cm³/mol. The van der Waals surface area contributed by atoms with E-state index in [1.54, 1.807) is 0 Å². The highest BCUT2D eigenvalue weighted by Gasteiger charge is 2.18. The maximum absolute atomic E-state index is 9.18. The van der Waals surface area contributed by atoms with E-state index in [9.17, 15) is 5.11 Å². The predicted octanol–water partition coefficient (Wildman–Crippen LogP) is 1.67. The average Bonchev–Trinajstić information content (AvgIpc) is 2.82. The molecule has 2 aromatic rings. The molecule has 1 heterocycles. The Kier molecular flexibility index (Phi) is 5.36. The van der Waals surface area contributed by atoms with Gasteiger partial charge in [0.1, 0.15) is 5.75 Å². The Hall–Kier alpha value is -1.85. The molecule has 0 amide bonds. The van der Waals surface area contributed by atoms with Crippen molar-refractivity contribution in [1.29, 1.82) is 0 Å². The van der Waals surface area contributed by atoms with Crippen LogP contribution in [0.4, 0.5) is 0 Å². The number of nitrogens with zero attached hydrogens (tertiary/aromatic N) is 2. The Morgan fingerprint density at radius 1 is 1.38 bits per heavy atom. The molecule has 5 nitrogen and oxygen atoms in total. The van der Waals surface area contributed by atoms with Crippen molar-refractivity contribution in [3.8, 4) is 5.75 Å². The molecule has 21 heavy (non-hydrogen) atoms. The van der Waals surface area contributed by atoms with E-state index >= 15 is 0 Å². The van der Waals surface area contributed by atoms with Crippen LogP contribution >= 0.6 is 0 Å². The van der Waals surface area contributed by atoms with Crippen LogP contribution in [0.5, 0.6) is 5.75 Å². The van der Waals surface area contributed by atoms with Gasteiger partial charge in [-0.15, -0.1) is 0 Å².